The van der Waals surface area contributed by atoms with Crippen LogP contribution in [0.25, 0.3) is 10.2 Å². The highest BCUT2D eigenvalue weighted by Gasteiger charge is 2.06. The third-order valence-electron chi connectivity index (χ3n) is 5.27. The maximum Gasteiger partial charge on any atom is 0.349 e. The molecule has 156 valence electrons. The molecule has 0 aliphatic carbocycles. The number of nitrogens with one attached hydrogen (secondary N) is 1. The van der Waals surface area contributed by atoms with Gasteiger partial charge in [0.05, 0.1) is 5.39 Å². The lowest BCUT2D eigenvalue weighted by Crippen LogP contribution is -2.08. The maximum atomic E-state index is 11.8. The van der Waals surface area contributed by atoms with Crippen molar-refractivity contribution in [3.8, 4) is 0 Å². The molecule has 29 heavy (non-hydrogen) atoms. The van der Waals surface area contributed by atoms with E-state index in [4.69, 9.17) is 4.42 Å². The smallest absolute Gasteiger partial charge is 0.349 e. The Labute approximate surface area is 177 Å². The third kappa shape index (κ3) is 7.65. The molecule has 2 aromatic heterocycles. The van der Waals surface area contributed by atoms with Crippen LogP contribution in [0.3, 0.4) is 0 Å². The average Bonchev–Trinajstić information content (AvgIpc) is 3.21. The van der Waals surface area contributed by atoms with Crippen molar-refractivity contribution in [2.75, 3.05) is 11.9 Å². The number of anilines is 1. The Morgan fingerprint density at radius 2 is 1.48 bits per heavy atom. The summed E-state index contributed by atoms with van der Waals surface area (Å²) < 4.78 is 5.20. The molecule has 0 radical (unpaired) electrons. The summed E-state index contributed by atoms with van der Waals surface area (Å²) in [6.07, 6.45) is 14.2. The number of rotatable bonds is 14. The molecule has 0 saturated carbocycles. The summed E-state index contributed by atoms with van der Waals surface area (Å²) in [6.45, 7) is 0.800. The number of aryl methyl sites for hydroxylation is 1. The Hall–Kier alpha value is -2.14. The molecule has 1 aromatic carbocycles. The van der Waals surface area contributed by atoms with E-state index in [1.165, 1.54) is 81.1 Å². The van der Waals surface area contributed by atoms with Crippen LogP contribution >= 0.6 is 11.3 Å². The number of fused-ring (bicyclic) bond motifs is 1. The fourth-order valence-electron chi connectivity index (χ4n) is 3.58. The fraction of sp³-hybridized carbons (Fsp3) is 0.500. The normalized spacial score (nSPS) is 11.2. The molecule has 0 fully saturated rings. The van der Waals surface area contributed by atoms with E-state index in [-0.39, 0.29) is 5.63 Å². The highest BCUT2D eigenvalue weighted by molar-refractivity contribution is 7.16. The van der Waals surface area contributed by atoms with Gasteiger partial charge in [0.2, 0.25) is 0 Å². The average molecular weight is 413 g/mol. The van der Waals surface area contributed by atoms with Crippen molar-refractivity contribution in [2.24, 2.45) is 0 Å². The summed E-state index contributed by atoms with van der Waals surface area (Å²) in [7, 11) is 0. The molecule has 2 heterocycles. The molecule has 1 N–H and O–H groups in total. The number of benzene rings is 1. The van der Waals surface area contributed by atoms with Gasteiger partial charge in [-0.3, -0.25) is 0 Å². The highest BCUT2D eigenvalue weighted by atomic mass is 32.1. The first-order chi connectivity index (χ1) is 14.3. The van der Waals surface area contributed by atoms with E-state index >= 15 is 0 Å². The molecule has 0 aliphatic rings. The molecular formula is C24H32N2O2S. The van der Waals surface area contributed by atoms with E-state index in [0.717, 1.165) is 17.8 Å². The van der Waals surface area contributed by atoms with Crippen LogP contribution in [0.1, 0.15) is 69.8 Å². The Morgan fingerprint density at radius 1 is 0.828 bits per heavy atom. The molecule has 4 nitrogen and oxygen atoms in total. The number of nitrogens with zero attached hydrogens (tertiary/aromatic N) is 1. The van der Waals surface area contributed by atoms with Crippen molar-refractivity contribution in [1.82, 2.24) is 4.98 Å². The van der Waals surface area contributed by atoms with Crippen LogP contribution in [-0.4, -0.2) is 11.5 Å². The number of hydrogen-bond donors (Lipinski definition) is 1. The fourth-order valence-corrected chi connectivity index (χ4v) is 4.33. The molecule has 3 aromatic rings. The molecule has 3 rings (SSSR count). The first kappa shape index (κ1) is 21.6. The van der Waals surface area contributed by atoms with Gasteiger partial charge in [-0.25, -0.2) is 4.79 Å². The van der Waals surface area contributed by atoms with Gasteiger partial charge in [0.25, 0.3) is 6.01 Å². The van der Waals surface area contributed by atoms with E-state index < -0.39 is 0 Å². The molecule has 5 heteroatoms. The molecule has 0 aliphatic heterocycles. The van der Waals surface area contributed by atoms with Crippen molar-refractivity contribution in [3.05, 3.63) is 57.8 Å². The van der Waals surface area contributed by atoms with Crippen LogP contribution in [0.4, 0.5) is 6.01 Å². The molecule has 0 atom stereocenters. The molecule has 0 saturated heterocycles. The van der Waals surface area contributed by atoms with Crippen LogP contribution in [0.5, 0.6) is 0 Å². The zero-order chi connectivity index (χ0) is 20.2. The van der Waals surface area contributed by atoms with Gasteiger partial charge in [0.15, 0.2) is 0 Å². The minimum absolute atomic E-state index is 0.307. The van der Waals surface area contributed by atoms with Gasteiger partial charge in [0.1, 0.15) is 4.83 Å². The Kier molecular flexibility index (Phi) is 9.24. The van der Waals surface area contributed by atoms with Gasteiger partial charge in [0, 0.05) is 6.54 Å². The number of aromatic nitrogens is 1. The van der Waals surface area contributed by atoms with E-state index in [2.05, 4.69) is 40.6 Å². The van der Waals surface area contributed by atoms with Crippen LogP contribution < -0.4 is 10.9 Å². The number of thiophene rings is 1. The van der Waals surface area contributed by atoms with Crippen LogP contribution in [-0.2, 0) is 6.42 Å². The van der Waals surface area contributed by atoms with E-state index in [1.54, 1.807) is 6.07 Å². The second-order valence-corrected chi connectivity index (χ2v) is 8.54. The van der Waals surface area contributed by atoms with Crippen molar-refractivity contribution in [1.29, 1.82) is 0 Å². The lowest BCUT2D eigenvalue weighted by molar-refractivity contribution is 0.513. The lowest BCUT2D eigenvalue weighted by Gasteiger charge is -2.05. The summed E-state index contributed by atoms with van der Waals surface area (Å²) in [6, 6.07) is 12.9. The SMILES string of the molecule is O=c1oc(NCCCCCCCCCCCCc2ccccc2)nc2sccc12. The van der Waals surface area contributed by atoms with Crippen molar-refractivity contribution in [2.45, 2.75) is 70.6 Å². The summed E-state index contributed by atoms with van der Waals surface area (Å²) >= 11 is 1.46. The molecule has 0 bridgehead atoms. The monoisotopic (exact) mass is 412 g/mol. The Morgan fingerprint density at radius 3 is 2.21 bits per heavy atom. The lowest BCUT2D eigenvalue weighted by atomic mass is 10.0. The van der Waals surface area contributed by atoms with Crippen molar-refractivity contribution < 1.29 is 4.42 Å². The van der Waals surface area contributed by atoms with Crippen molar-refractivity contribution in [3.63, 3.8) is 0 Å². The first-order valence-corrected chi connectivity index (χ1v) is 11.9. The van der Waals surface area contributed by atoms with Gasteiger partial charge in [-0.05, 0) is 36.3 Å². The highest BCUT2D eigenvalue weighted by Crippen LogP contribution is 2.17. The minimum Gasteiger partial charge on any atom is -0.389 e. The number of hydrogen-bond acceptors (Lipinski definition) is 5. The van der Waals surface area contributed by atoms with E-state index in [1.807, 2.05) is 5.38 Å². The molecule has 0 spiro atoms. The Bertz CT molecular complexity index is 889. The second kappa shape index (κ2) is 12.4. The van der Waals surface area contributed by atoms with Crippen LogP contribution in [0.2, 0.25) is 0 Å². The minimum atomic E-state index is -0.307. The quantitative estimate of drug-likeness (QED) is 0.296. The zero-order valence-corrected chi connectivity index (χ0v) is 18.0. The summed E-state index contributed by atoms with van der Waals surface area (Å²) in [5.74, 6) is 0. The van der Waals surface area contributed by atoms with E-state index in [0.29, 0.717) is 11.4 Å². The van der Waals surface area contributed by atoms with Crippen LogP contribution in [0.15, 0.2) is 51.0 Å². The first-order valence-electron chi connectivity index (χ1n) is 11.0. The second-order valence-electron chi connectivity index (χ2n) is 7.64. The van der Waals surface area contributed by atoms with Gasteiger partial charge >= 0.3 is 5.63 Å². The predicted octanol–water partition coefficient (Wildman–Crippen LogP) is 6.81. The molecular weight excluding hydrogens is 380 g/mol. The predicted molar refractivity (Wildman–Crippen MR) is 123 cm³/mol. The van der Waals surface area contributed by atoms with Gasteiger partial charge in [-0.2, -0.15) is 4.98 Å². The molecule has 0 amide bonds. The van der Waals surface area contributed by atoms with Gasteiger partial charge in [-0.1, -0.05) is 81.7 Å². The van der Waals surface area contributed by atoms with Crippen molar-refractivity contribution >= 4 is 27.6 Å². The standard InChI is InChI=1S/C24H32N2O2S/c27-23-21-17-19-29-22(21)26-24(28-23)25-18-13-8-6-4-2-1-3-5-7-10-14-20-15-11-9-12-16-20/h9,11-12,15-17,19H,1-8,10,13-14,18H2,(H,25,26). The largest absolute Gasteiger partial charge is 0.389 e. The van der Waals surface area contributed by atoms with Gasteiger partial charge in [-0.15, -0.1) is 11.3 Å². The zero-order valence-electron chi connectivity index (χ0n) is 17.2. The third-order valence-corrected chi connectivity index (χ3v) is 6.08. The van der Waals surface area contributed by atoms with Crippen LogP contribution in [0, 0.1) is 0 Å². The topological polar surface area (TPSA) is 55.1 Å². The summed E-state index contributed by atoms with van der Waals surface area (Å²) in [5.41, 5.74) is 1.16. The maximum absolute atomic E-state index is 11.8. The van der Waals surface area contributed by atoms with Gasteiger partial charge < -0.3 is 9.73 Å². The molecule has 0 unspecified atom stereocenters. The van der Waals surface area contributed by atoms with E-state index in [9.17, 15) is 4.79 Å². The number of unbranched alkanes of at least 4 members (excludes halogenated alkanes) is 9. The summed E-state index contributed by atoms with van der Waals surface area (Å²) in [5, 5.41) is 5.57. The summed E-state index contributed by atoms with van der Waals surface area (Å²) in [4.78, 5) is 16.9. The Balaban J connectivity index is 1.13.